The average molecular weight is 360 g/mol. The maximum absolute atomic E-state index is 13.5. The van der Waals surface area contributed by atoms with E-state index in [2.05, 4.69) is 11.8 Å². The second-order valence-corrected chi connectivity index (χ2v) is 8.61. The van der Waals surface area contributed by atoms with Gasteiger partial charge in [0.25, 0.3) is 0 Å². The fourth-order valence-electron chi connectivity index (χ4n) is 5.43. The molecule has 0 saturated heterocycles. The number of anilines is 1. The van der Waals surface area contributed by atoms with Crippen LogP contribution in [0.3, 0.4) is 0 Å². The molecule has 0 bridgehead atoms. The molecule has 1 amide bonds. The third kappa shape index (κ3) is 3.27. The number of carbonyl (C=O) groups is 1. The van der Waals surface area contributed by atoms with Crippen molar-refractivity contribution in [3.8, 4) is 0 Å². The van der Waals surface area contributed by atoms with E-state index in [0.29, 0.717) is 24.4 Å². The zero-order chi connectivity index (χ0) is 18.4. The van der Waals surface area contributed by atoms with Crippen LogP contribution in [0.1, 0.15) is 44.6 Å². The molecule has 1 heterocycles. The summed E-state index contributed by atoms with van der Waals surface area (Å²) in [5.41, 5.74) is 1.80. The van der Waals surface area contributed by atoms with Crippen molar-refractivity contribution in [2.75, 3.05) is 18.5 Å². The van der Waals surface area contributed by atoms with Gasteiger partial charge in [-0.15, -0.1) is 0 Å². The number of carbonyl (C=O) groups excluding carboxylic acids is 1. The highest BCUT2D eigenvalue weighted by Gasteiger charge is 2.42. The highest BCUT2D eigenvalue weighted by Crippen LogP contribution is 2.45. The van der Waals surface area contributed by atoms with E-state index in [1.165, 1.54) is 6.07 Å². The zero-order valence-corrected chi connectivity index (χ0v) is 15.7. The van der Waals surface area contributed by atoms with Crippen LogP contribution in [-0.4, -0.2) is 47.7 Å². The van der Waals surface area contributed by atoms with Crippen LogP contribution in [0, 0.1) is 17.7 Å². The normalized spacial score (nSPS) is 33.4. The van der Waals surface area contributed by atoms with Crippen LogP contribution in [0.5, 0.6) is 0 Å². The standard InChI is InChI=1S/C21H29FN2O2/c1-13-3-4-14-7-17(22)5-6-20(14)24(13)21(26)12-23(2)18-8-15-10-19(25)11-16(15)9-18/h5-7,13,15-16,18-19,25H,3-4,8-12H2,1-2H3/t13?,15-,16+,18?,19?. The van der Waals surface area contributed by atoms with Crippen LogP contribution in [0.4, 0.5) is 10.1 Å². The molecule has 3 unspecified atom stereocenters. The summed E-state index contributed by atoms with van der Waals surface area (Å²) in [5, 5.41) is 9.82. The van der Waals surface area contributed by atoms with Gasteiger partial charge in [0.1, 0.15) is 5.82 Å². The van der Waals surface area contributed by atoms with E-state index in [9.17, 15) is 14.3 Å². The molecule has 0 spiro atoms. The minimum absolute atomic E-state index is 0.102. The van der Waals surface area contributed by atoms with E-state index in [0.717, 1.165) is 49.8 Å². The van der Waals surface area contributed by atoms with Crippen LogP contribution >= 0.6 is 0 Å². The van der Waals surface area contributed by atoms with E-state index >= 15 is 0 Å². The van der Waals surface area contributed by atoms with Crippen molar-refractivity contribution >= 4 is 11.6 Å². The van der Waals surface area contributed by atoms with E-state index < -0.39 is 0 Å². The van der Waals surface area contributed by atoms with Crippen LogP contribution in [0.25, 0.3) is 0 Å². The molecule has 0 aromatic heterocycles. The first kappa shape index (κ1) is 17.9. The zero-order valence-electron chi connectivity index (χ0n) is 15.7. The topological polar surface area (TPSA) is 43.8 Å². The lowest BCUT2D eigenvalue weighted by molar-refractivity contribution is -0.120. The molecular weight excluding hydrogens is 331 g/mol. The number of amides is 1. The molecule has 1 aromatic rings. The second-order valence-electron chi connectivity index (χ2n) is 8.61. The van der Waals surface area contributed by atoms with Crippen molar-refractivity contribution in [1.82, 2.24) is 4.90 Å². The fraction of sp³-hybridized carbons (Fsp3) is 0.667. The predicted molar refractivity (Wildman–Crippen MR) is 99.5 cm³/mol. The molecule has 4 nitrogen and oxygen atoms in total. The highest BCUT2D eigenvalue weighted by molar-refractivity contribution is 5.96. The van der Waals surface area contributed by atoms with Crippen molar-refractivity contribution in [2.24, 2.45) is 11.8 Å². The van der Waals surface area contributed by atoms with Gasteiger partial charge in [-0.3, -0.25) is 9.69 Å². The number of nitrogens with zero attached hydrogens (tertiary/aromatic N) is 2. The largest absolute Gasteiger partial charge is 0.393 e. The molecule has 26 heavy (non-hydrogen) atoms. The van der Waals surface area contributed by atoms with Crippen molar-refractivity contribution in [3.63, 3.8) is 0 Å². The van der Waals surface area contributed by atoms with Gasteiger partial charge in [-0.25, -0.2) is 4.39 Å². The Morgan fingerprint density at radius 3 is 2.65 bits per heavy atom. The van der Waals surface area contributed by atoms with Crippen molar-refractivity contribution in [2.45, 2.75) is 63.6 Å². The minimum Gasteiger partial charge on any atom is -0.393 e. The van der Waals surface area contributed by atoms with Gasteiger partial charge < -0.3 is 10.0 Å². The lowest BCUT2D eigenvalue weighted by Crippen LogP contribution is -2.48. The monoisotopic (exact) mass is 360 g/mol. The number of hydrogen-bond acceptors (Lipinski definition) is 3. The van der Waals surface area contributed by atoms with Crippen molar-refractivity contribution in [3.05, 3.63) is 29.6 Å². The highest BCUT2D eigenvalue weighted by atomic mass is 19.1. The Kier molecular flexibility index (Phi) is 4.78. The number of hydrogen-bond donors (Lipinski definition) is 1. The third-order valence-corrected chi connectivity index (χ3v) is 6.82. The molecule has 1 N–H and O–H groups in total. The van der Waals surface area contributed by atoms with E-state index in [4.69, 9.17) is 0 Å². The van der Waals surface area contributed by atoms with Gasteiger partial charge in [-0.05, 0) is 88.1 Å². The Bertz CT molecular complexity index is 681. The number of aliphatic hydroxyl groups excluding tert-OH is 1. The maximum atomic E-state index is 13.5. The van der Waals surface area contributed by atoms with E-state index in [1.54, 1.807) is 12.1 Å². The molecule has 5 atom stereocenters. The van der Waals surface area contributed by atoms with E-state index in [1.807, 2.05) is 11.9 Å². The summed E-state index contributed by atoms with van der Waals surface area (Å²) in [6, 6.07) is 5.33. The Morgan fingerprint density at radius 2 is 1.96 bits per heavy atom. The second kappa shape index (κ2) is 6.93. The summed E-state index contributed by atoms with van der Waals surface area (Å²) in [6.45, 7) is 2.47. The van der Waals surface area contributed by atoms with Gasteiger partial charge in [0.15, 0.2) is 0 Å². The first-order valence-electron chi connectivity index (χ1n) is 9.91. The summed E-state index contributed by atoms with van der Waals surface area (Å²) >= 11 is 0. The molecule has 1 aliphatic heterocycles. The summed E-state index contributed by atoms with van der Waals surface area (Å²) < 4.78 is 13.5. The minimum atomic E-state index is -0.234. The summed E-state index contributed by atoms with van der Waals surface area (Å²) in [4.78, 5) is 17.1. The van der Waals surface area contributed by atoms with Gasteiger partial charge in [-0.1, -0.05) is 0 Å². The number of aryl methyl sites for hydroxylation is 1. The molecule has 3 aliphatic rings. The van der Waals surface area contributed by atoms with Gasteiger partial charge in [0, 0.05) is 17.8 Å². The number of likely N-dealkylation sites (N-methyl/N-ethyl adjacent to an activating group) is 1. The molecule has 142 valence electrons. The van der Waals surface area contributed by atoms with Crippen molar-refractivity contribution in [1.29, 1.82) is 0 Å². The lowest BCUT2D eigenvalue weighted by atomic mass is 9.96. The quantitative estimate of drug-likeness (QED) is 0.901. The molecule has 0 radical (unpaired) electrons. The average Bonchev–Trinajstić information content (AvgIpc) is 3.12. The van der Waals surface area contributed by atoms with Crippen LogP contribution in [0.2, 0.25) is 0 Å². The molecule has 1 aromatic carbocycles. The number of aliphatic hydroxyl groups is 1. The summed E-state index contributed by atoms with van der Waals surface area (Å²) in [5.74, 6) is 1.10. The Labute approximate surface area is 155 Å². The van der Waals surface area contributed by atoms with Crippen LogP contribution in [0.15, 0.2) is 18.2 Å². The predicted octanol–water partition coefficient (Wildman–Crippen LogP) is 2.97. The van der Waals surface area contributed by atoms with Gasteiger partial charge in [0.05, 0.1) is 12.6 Å². The maximum Gasteiger partial charge on any atom is 0.241 e. The molecule has 2 fully saturated rings. The molecule has 2 aliphatic carbocycles. The van der Waals surface area contributed by atoms with Crippen LogP contribution < -0.4 is 4.90 Å². The Hall–Kier alpha value is -1.46. The molecular formula is C21H29FN2O2. The SMILES string of the molecule is CC1CCc2cc(F)ccc2N1C(=O)CN(C)C1C[C@H]2CC(O)C[C@H]2C1. The van der Waals surface area contributed by atoms with Gasteiger partial charge in [-0.2, -0.15) is 0 Å². The fourth-order valence-corrected chi connectivity index (χ4v) is 5.43. The van der Waals surface area contributed by atoms with Crippen molar-refractivity contribution < 1.29 is 14.3 Å². The Morgan fingerprint density at radius 1 is 1.27 bits per heavy atom. The number of benzene rings is 1. The molecule has 5 heteroatoms. The summed E-state index contributed by atoms with van der Waals surface area (Å²) in [7, 11) is 2.04. The van der Waals surface area contributed by atoms with Gasteiger partial charge in [0.2, 0.25) is 5.91 Å². The molecule has 4 rings (SSSR count). The number of fused-ring (bicyclic) bond motifs is 2. The number of rotatable bonds is 3. The smallest absolute Gasteiger partial charge is 0.241 e. The van der Waals surface area contributed by atoms with E-state index in [-0.39, 0.29) is 23.9 Å². The molecule has 2 saturated carbocycles. The summed E-state index contributed by atoms with van der Waals surface area (Å²) in [6.07, 6.45) is 5.59. The first-order chi connectivity index (χ1) is 12.4. The van der Waals surface area contributed by atoms with Crippen LogP contribution in [-0.2, 0) is 11.2 Å². The van der Waals surface area contributed by atoms with Gasteiger partial charge >= 0.3 is 0 Å². The number of halogens is 1. The Balaban J connectivity index is 1.43. The third-order valence-electron chi connectivity index (χ3n) is 6.82. The first-order valence-corrected chi connectivity index (χ1v) is 9.91. The lowest BCUT2D eigenvalue weighted by Gasteiger charge is -2.37.